The molecule has 1 unspecified atom stereocenters. The Labute approximate surface area is 145 Å². The number of H-pyrrole nitrogens is 1. The van der Waals surface area contributed by atoms with Crippen molar-refractivity contribution in [2.45, 2.75) is 26.3 Å². The molecule has 1 saturated heterocycles. The number of halogens is 1. The largest absolute Gasteiger partial charge is 0.369 e. The van der Waals surface area contributed by atoms with Crippen molar-refractivity contribution in [1.29, 1.82) is 0 Å². The summed E-state index contributed by atoms with van der Waals surface area (Å²) in [6.07, 6.45) is 0.834. The molecular weight excluding hydrogens is 326 g/mol. The first-order chi connectivity index (χ1) is 11.4. The lowest BCUT2D eigenvalue weighted by molar-refractivity contribution is 0.0938. The number of aromatic amines is 1. The van der Waals surface area contributed by atoms with Gasteiger partial charge in [0, 0.05) is 35.5 Å². The first-order valence-corrected chi connectivity index (χ1v) is 8.34. The fourth-order valence-electron chi connectivity index (χ4n) is 3.18. The number of hydrogen-bond acceptors (Lipinski definition) is 3. The van der Waals surface area contributed by atoms with Crippen LogP contribution >= 0.6 is 11.6 Å². The molecule has 0 saturated carbocycles. The smallest absolute Gasteiger partial charge is 0.261 e. The molecule has 1 fully saturated rings. The summed E-state index contributed by atoms with van der Waals surface area (Å²) in [6, 6.07) is 9.50. The van der Waals surface area contributed by atoms with Crippen molar-refractivity contribution in [3.63, 3.8) is 0 Å². The normalized spacial score (nSPS) is 17.1. The van der Waals surface area contributed by atoms with E-state index in [1.807, 2.05) is 30.3 Å². The number of pyridine rings is 1. The molecule has 2 aromatic rings. The summed E-state index contributed by atoms with van der Waals surface area (Å²) in [5.41, 5.74) is 2.35. The maximum Gasteiger partial charge on any atom is 0.261 e. The molecule has 5 nitrogen and oxygen atoms in total. The number of aromatic nitrogens is 1. The molecular formula is C18H20ClN3O2. The van der Waals surface area contributed by atoms with Crippen LogP contribution in [0.15, 0.2) is 35.1 Å². The third-order valence-electron chi connectivity index (χ3n) is 4.29. The molecule has 1 atom stereocenters. The van der Waals surface area contributed by atoms with Crippen LogP contribution in [0, 0.1) is 13.8 Å². The van der Waals surface area contributed by atoms with Gasteiger partial charge in [0.15, 0.2) is 0 Å². The van der Waals surface area contributed by atoms with Crippen LogP contribution in [0.3, 0.4) is 0 Å². The molecule has 24 heavy (non-hydrogen) atoms. The van der Waals surface area contributed by atoms with Crippen molar-refractivity contribution < 1.29 is 4.79 Å². The molecule has 3 rings (SSSR count). The Morgan fingerprint density at radius 2 is 2.12 bits per heavy atom. The van der Waals surface area contributed by atoms with Crippen LogP contribution in [0.1, 0.15) is 28.0 Å². The second kappa shape index (κ2) is 6.69. The number of aryl methyl sites for hydroxylation is 2. The Kier molecular flexibility index (Phi) is 4.62. The van der Waals surface area contributed by atoms with Crippen molar-refractivity contribution >= 4 is 23.2 Å². The van der Waals surface area contributed by atoms with Crippen LogP contribution < -0.4 is 15.8 Å². The minimum absolute atomic E-state index is 0.0107. The summed E-state index contributed by atoms with van der Waals surface area (Å²) in [4.78, 5) is 29.4. The zero-order valence-electron chi connectivity index (χ0n) is 13.7. The van der Waals surface area contributed by atoms with Crippen LogP contribution in [-0.4, -0.2) is 30.0 Å². The highest BCUT2D eigenvalue weighted by molar-refractivity contribution is 6.30. The van der Waals surface area contributed by atoms with Crippen molar-refractivity contribution in [1.82, 2.24) is 10.3 Å². The van der Waals surface area contributed by atoms with E-state index >= 15 is 0 Å². The maximum absolute atomic E-state index is 12.5. The Balaban J connectivity index is 1.70. The number of rotatable bonds is 3. The summed E-state index contributed by atoms with van der Waals surface area (Å²) in [6.45, 7) is 5.13. The van der Waals surface area contributed by atoms with Gasteiger partial charge in [0.25, 0.3) is 11.5 Å². The van der Waals surface area contributed by atoms with E-state index in [-0.39, 0.29) is 23.1 Å². The molecule has 0 radical (unpaired) electrons. The third-order valence-corrected chi connectivity index (χ3v) is 4.52. The van der Waals surface area contributed by atoms with Crippen molar-refractivity contribution in [3.8, 4) is 0 Å². The van der Waals surface area contributed by atoms with Gasteiger partial charge < -0.3 is 15.2 Å². The Morgan fingerprint density at radius 3 is 2.83 bits per heavy atom. The molecule has 1 aliphatic rings. The lowest BCUT2D eigenvalue weighted by Crippen LogP contribution is -2.40. The molecule has 1 aliphatic heterocycles. The molecule has 6 heteroatoms. The van der Waals surface area contributed by atoms with Gasteiger partial charge >= 0.3 is 0 Å². The highest BCUT2D eigenvalue weighted by Crippen LogP contribution is 2.23. The van der Waals surface area contributed by atoms with Crippen LogP contribution in [0.5, 0.6) is 0 Å². The predicted molar refractivity (Wildman–Crippen MR) is 96.1 cm³/mol. The van der Waals surface area contributed by atoms with Gasteiger partial charge in [-0.3, -0.25) is 9.59 Å². The first-order valence-electron chi connectivity index (χ1n) is 7.96. The average molecular weight is 346 g/mol. The highest BCUT2D eigenvalue weighted by Gasteiger charge is 2.26. The summed E-state index contributed by atoms with van der Waals surface area (Å²) < 4.78 is 0. The number of anilines is 1. The summed E-state index contributed by atoms with van der Waals surface area (Å²) in [5, 5.41) is 3.67. The van der Waals surface area contributed by atoms with E-state index in [1.54, 1.807) is 13.8 Å². The molecule has 1 amide bonds. The van der Waals surface area contributed by atoms with Gasteiger partial charge in [0.05, 0.1) is 0 Å². The van der Waals surface area contributed by atoms with Gasteiger partial charge in [-0.05, 0) is 50.1 Å². The van der Waals surface area contributed by atoms with Crippen molar-refractivity contribution in [3.05, 3.63) is 62.5 Å². The van der Waals surface area contributed by atoms with Crippen LogP contribution in [0.25, 0.3) is 0 Å². The molecule has 126 valence electrons. The van der Waals surface area contributed by atoms with Crippen LogP contribution in [-0.2, 0) is 0 Å². The van der Waals surface area contributed by atoms with Crippen LogP contribution in [0.4, 0.5) is 5.69 Å². The van der Waals surface area contributed by atoms with E-state index in [1.165, 1.54) is 0 Å². The van der Waals surface area contributed by atoms with E-state index in [9.17, 15) is 9.59 Å². The van der Waals surface area contributed by atoms with E-state index in [4.69, 9.17) is 11.6 Å². The van der Waals surface area contributed by atoms with Gasteiger partial charge in [-0.2, -0.15) is 0 Å². The fourth-order valence-corrected chi connectivity index (χ4v) is 3.36. The fraction of sp³-hybridized carbons (Fsp3) is 0.333. The van der Waals surface area contributed by atoms with Crippen LogP contribution in [0.2, 0.25) is 5.02 Å². The van der Waals surface area contributed by atoms with E-state index < -0.39 is 0 Å². The lowest BCUT2D eigenvalue weighted by atomic mass is 10.1. The average Bonchev–Trinajstić information content (AvgIpc) is 2.94. The van der Waals surface area contributed by atoms with Gasteiger partial charge in [0.1, 0.15) is 5.56 Å². The van der Waals surface area contributed by atoms with Crippen molar-refractivity contribution in [2.75, 3.05) is 18.0 Å². The molecule has 2 N–H and O–H groups in total. The number of hydrogen-bond donors (Lipinski definition) is 2. The Bertz CT molecular complexity index is 831. The SMILES string of the molecule is Cc1cc(C)c(C(=O)NC2CCN(c3cccc(Cl)c3)C2)c(=O)[nH]1. The monoisotopic (exact) mass is 345 g/mol. The van der Waals surface area contributed by atoms with Gasteiger partial charge in [0.2, 0.25) is 0 Å². The number of amides is 1. The molecule has 0 aliphatic carbocycles. The number of benzene rings is 1. The maximum atomic E-state index is 12.5. The minimum Gasteiger partial charge on any atom is -0.369 e. The van der Waals surface area contributed by atoms with E-state index in [0.29, 0.717) is 17.1 Å². The minimum atomic E-state index is -0.338. The molecule has 1 aromatic carbocycles. The Hall–Kier alpha value is -2.27. The number of carbonyl (C=O) groups excluding carboxylic acids is 1. The van der Waals surface area contributed by atoms with E-state index in [2.05, 4.69) is 15.2 Å². The zero-order chi connectivity index (χ0) is 17.3. The van der Waals surface area contributed by atoms with Gasteiger partial charge in [-0.1, -0.05) is 17.7 Å². The topological polar surface area (TPSA) is 65.2 Å². The Morgan fingerprint density at radius 1 is 1.33 bits per heavy atom. The lowest BCUT2D eigenvalue weighted by Gasteiger charge is -2.19. The van der Waals surface area contributed by atoms with E-state index in [0.717, 1.165) is 24.3 Å². The standard InChI is InChI=1S/C18H20ClN3O2/c1-11-8-12(2)20-17(23)16(11)18(24)21-14-6-7-22(10-14)15-5-3-4-13(19)9-15/h3-5,8-9,14H,6-7,10H2,1-2H3,(H,20,23)(H,21,24). The summed E-state index contributed by atoms with van der Waals surface area (Å²) >= 11 is 6.04. The highest BCUT2D eigenvalue weighted by atomic mass is 35.5. The second-order valence-electron chi connectivity index (χ2n) is 6.22. The van der Waals surface area contributed by atoms with Gasteiger partial charge in [-0.15, -0.1) is 0 Å². The summed E-state index contributed by atoms with van der Waals surface area (Å²) in [5.74, 6) is -0.313. The first kappa shape index (κ1) is 16.6. The van der Waals surface area contributed by atoms with Crippen molar-refractivity contribution in [2.24, 2.45) is 0 Å². The predicted octanol–water partition coefficient (Wildman–Crippen LogP) is 2.65. The number of nitrogens with zero attached hydrogens (tertiary/aromatic N) is 1. The molecule has 1 aromatic heterocycles. The molecule has 2 heterocycles. The third kappa shape index (κ3) is 3.46. The van der Waals surface area contributed by atoms with Gasteiger partial charge in [-0.25, -0.2) is 0 Å². The molecule has 0 spiro atoms. The summed E-state index contributed by atoms with van der Waals surface area (Å²) in [7, 11) is 0. The second-order valence-corrected chi connectivity index (χ2v) is 6.66. The quantitative estimate of drug-likeness (QED) is 0.898. The molecule has 0 bridgehead atoms. The number of carbonyl (C=O) groups is 1. The number of nitrogens with one attached hydrogen (secondary N) is 2. The zero-order valence-corrected chi connectivity index (χ0v) is 14.5.